The van der Waals surface area contributed by atoms with Gasteiger partial charge in [-0.15, -0.1) is 0 Å². The van der Waals surface area contributed by atoms with E-state index in [4.69, 9.17) is 5.11 Å². The van der Waals surface area contributed by atoms with Gasteiger partial charge in [0, 0.05) is 18.5 Å². The molecule has 1 fully saturated rings. The summed E-state index contributed by atoms with van der Waals surface area (Å²) in [7, 11) is 0. The van der Waals surface area contributed by atoms with Gasteiger partial charge in [0.15, 0.2) is 0 Å². The van der Waals surface area contributed by atoms with Crippen LogP contribution in [-0.2, 0) is 24.2 Å². The first-order valence-electron chi connectivity index (χ1n) is 9.35. The van der Waals surface area contributed by atoms with Gasteiger partial charge in [-0.05, 0) is 29.5 Å². The average Bonchev–Trinajstić information content (AvgIpc) is 2.71. The average molecular weight is 369 g/mol. The normalized spacial score (nSPS) is 22.6. The number of hydrogen-bond acceptors (Lipinski definition) is 4. The molecule has 1 amide bonds. The fourth-order valence-corrected chi connectivity index (χ4v) is 3.80. The lowest BCUT2D eigenvalue weighted by Gasteiger charge is -2.45. The monoisotopic (exact) mass is 369 g/mol. The molecule has 2 aromatic carbocycles. The number of piperidine rings is 1. The quantitative estimate of drug-likeness (QED) is 0.721. The van der Waals surface area contributed by atoms with Gasteiger partial charge in [-0.3, -0.25) is 4.79 Å². The fourth-order valence-electron chi connectivity index (χ4n) is 3.80. The first kappa shape index (κ1) is 19.5. The summed E-state index contributed by atoms with van der Waals surface area (Å²) in [6.45, 7) is 0.646. The van der Waals surface area contributed by atoms with Crippen LogP contribution in [0.2, 0.25) is 0 Å². The van der Waals surface area contributed by atoms with Crippen LogP contribution in [0.15, 0.2) is 54.6 Å². The summed E-state index contributed by atoms with van der Waals surface area (Å²) in [6.07, 6.45) is 0.619. The molecule has 1 saturated heterocycles. The molecule has 0 unspecified atom stereocenters. The zero-order valence-corrected chi connectivity index (χ0v) is 15.4. The van der Waals surface area contributed by atoms with E-state index in [1.165, 1.54) is 0 Å². The van der Waals surface area contributed by atoms with Crippen LogP contribution in [0.4, 0.5) is 0 Å². The lowest BCUT2D eigenvalue weighted by molar-refractivity contribution is -0.141. The highest BCUT2D eigenvalue weighted by Gasteiger charge is 2.43. The molecule has 5 nitrogen and oxygen atoms in total. The van der Waals surface area contributed by atoms with E-state index in [2.05, 4.69) is 0 Å². The second-order valence-corrected chi connectivity index (χ2v) is 7.45. The lowest BCUT2D eigenvalue weighted by Crippen LogP contribution is -2.56. The Labute approximate surface area is 159 Å². The summed E-state index contributed by atoms with van der Waals surface area (Å²) in [4.78, 5) is 14.6. The number of nitrogens with zero attached hydrogens (tertiary/aromatic N) is 1. The molecule has 1 aliphatic rings. The van der Waals surface area contributed by atoms with Crippen molar-refractivity contribution in [1.82, 2.24) is 4.90 Å². The molecule has 0 aliphatic carbocycles. The van der Waals surface area contributed by atoms with E-state index in [0.29, 0.717) is 25.9 Å². The van der Waals surface area contributed by atoms with Gasteiger partial charge in [-0.1, -0.05) is 54.6 Å². The van der Waals surface area contributed by atoms with Crippen LogP contribution >= 0.6 is 0 Å². The number of hydrogen-bond donors (Lipinski definition) is 3. The van der Waals surface area contributed by atoms with Crippen molar-refractivity contribution >= 4 is 5.91 Å². The van der Waals surface area contributed by atoms with Gasteiger partial charge < -0.3 is 20.2 Å². The third-order valence-corrected chi connectivity index (χ3v) is 5.51. The molecule has 3 N–H and O–H groups in total. The first-order valence-corrected chi connectivity index (χ1v) is 9.35. The van der Waals surface area contributed by atoms with Gasteiger partial charge in [-0.25, -0.2) is 0 Å². The Hall–Kier alpha value is -2.21. The molecule has 144 valence electrons. The van der Waals surface area contributed by atoms with Gasteiger partial charge in [0.2, 0.25) is 5.91 Å². The standard InChI is InChI=1S/C22H27NO4/c24-14-19-8-6-17(7-9-19)12-21(27)23-11-10-20(26)22(15-23,16-25)13-18-4-2-1-3-5-18/h1-9,20,24-26H,10-16H2/t20-,22+/m1/s1. The van der Waals surface area contributed by atoms with Gasteiger partial charge in [0.25, 0.3) is 0 Å². The van der Waals surface area contributed by atoms with Crippen molar-refractivity contribution in [3.63, 3.8) is 0 Å². The van der Waals surface area contributed by atoms with Crippen LogP contribution in [-0.4, -0.2) is 51.9 Å². The number of amides is 1. The maximum Gasteiger partial charge on any atom is 0.227 e. The van der Waals surface area contributed by atoms with Crippen molar-refractivity contribution in [2.75, 3.05) is 19.7 Å². The summed E-state index contributed by atoms with van der Waals surface area (Å²) >= 11 is 0. The molecule has 1 aliphatic heterocycles. The molecule has 0 radical (unpaired) electrons. The van der Waals surface area contributed by atoms with E-state index >= 15 is 0 Å². The van der Waals surface area contributed by atoms with Crippen molar-refractivity contribution in [2.45, 2.75) is 32.0 Å². The summed E-state index contributed by atoms with van der Waals surface area (Å²) in [6, 6.07) is 17.1. The number of rotatable bonds is 6. The molecule has 0 saturated carbocycles. The fraction of sp³-hybridized carbons (Fsp3) is 0.409. The van der Waals surface area contributed by atoms with E-state index in [0.717, 1.165) is 16.7 Å². The molecule has 0 bridgehead atoms. The predicted octanol–water partition coefficient (Wildman–Crippen LogP) is 1.54. The molecule has 0 aromatic heterocycles. The van der Waals surface area contributed by atoms with Crippen LogP contribution in [0.5, 0.6) is 0 Å². The number of carbonyl (C=O) groups excluding carboxylic acids is 1. The maximum absolute atomic E-state index is 12.8. The van der Waals surface area contributed by atoms with E-state index in [1.807, 2.05) is 54.6 Å². The van der Waals surface area contributed by atoms with Gasteiger partial charge >= 0.3 is 0 Å². The van der Waals surface area contributed by atoms with E-state index in [9.17, 15) is 15.0 Å². The second kappa shape index (κ2) is 8.65. The smallest absolute Gasteiger partial charge is 0.227 e. The molecule has 2 aromatic rings. The van der Waals surface area contributed by atoms with Crippen molar-refractivity contribution < 1.29 is 20.1 Å². The predicted molar refractivity (Wildman–Crippen MR) is 103 cm³/mol. The minimum absolute atomic E-state index is 0.00969. The third kappa shape index (κ3) is 4.56. The molecule has 0 spiro atoms. The van der Waals surface area contributed by atoms with Crippen molar-refractivity contribution in [3.8, 4) is 0 Å². The van der Waals surface area contributed by atoms with E-state index < -0.39 is 11.5 Å². The second-order valence-electron chi connectivity index (χ2n) is 7.45. The molecule has 27 heavy (non-hydrogen) atoms. The van der Waals surface area contributed by atoms with Gasteiger partial charge in [0.05, 0.1) is 25.7 Å². The van der Waals surface area contributed by atoms with Crippen molar-refractivity contribution in [1.29, 1.82) is 0 Å². The number of likely N-dealkylation sites (tertiary alicyclic amines) is 1. The Morgan fingerprint density at radius 1 is 1.00 bits per heavy atom. The number of aliphatic hydroxyl groups excluding tert-OH is 3. The van der Waals surface area contributed by atoms with Crippen LogP contribution in [0.3, 0.4) is 0 Å². The molecular weight excluding hydrogens is 342 g/mol. The largest absolute Gasteiger partial charge is 0.396 e. The number of benzene rings is 2. The summed E-state index contributed by atoms with van der Waals surface area (Å²) in [5, 5.41) is 29.8. The van der Waals surface area contributed by atoms with Crippen LogP contribution < -0.4 is 0 Å². The van der Waals surface area contributed by atoms with Crippen molar-refractivity contribution in [2.24, 2.45) is 5.41 Å². The van der Waals surface area contributed by atoms with E-state index in [1.54, 1.807) is 4.90 Å². The van der Waals surface area contributed by atoms with Crippen LogP contribution in [0.1, 0.15) is 23.1 Å². The summed E-state index contributed by atoms with van der Waals surface area (Å²) in [5.41, 5.74) is 2.01. The molecule has 5 heteroatoms. The minimum atomic E-state index is -0.740. The Kier molecular flexibility index (Phi) is 6.26. The number of carbonyl (C=O) groups is 1. The van der Waals surface area contributed by atoms with Gasteiger partial charge in [0.1, 0.15) is 0 Å². The lowest BCUT2D eigenvalue weighted by atomic mass is 9.73. The summed E-state index contributed by atoms with van der Waals surface area (Å²) < 4.78 is 0. The Balaban J connectivity index is 1.71. The molecular formula is C22H27NO4. The highest BCUT2D eigenvalue weighted by molar-refractivity contribution is 5.79. The number of aliphatic hydroxyl groups is 3. The zero-order chi connectivity index (χ0) is 19.3. The topological polar surface area (TPSA) is 81.0 Å². The Bertz CT molecular complexity index is 747. The van der Waals surface area contributed by atoms with E-state index in [-0.39, 0.29) is 25.5 Å². The Morgan fingerprint density at radius 2 is 1.67 bits per heavy atom. The minimum Gasteiger partial charge on any atom is -0.396 e. The highest BCUT2D eigenvalue weighted by Crippen LogP contribution is 2.34. The summed E-state index contributed by atoms with van der Waals surface area (Å²) in [5.74, 6) is -0.00969. The maximum atomic E-state index is 12.8. The van der Waals surface area contributed by atoms with Gasteiger partial charge in [-0.2, -0.15) is 0 Å². The molecule has 2 atom stereocenters. The third-order valence-electron chi connectivity index (χ3n) is 5.51. The molecule has 1 heterocycles. The molecule has 3 rings (SSSR count). The Morgan fingerprint density at radius 3 is 2.30 bits per heavy atom. The van der Waals surface area contributed by atoms with Crippen LogP contribution in [0, 0.1) is 5.41 Å². The zero-order valence-electron chi connectivity index (χ0n) is 15.4. The SMILES string of the molecule is O=C(Cc1ccc(CO)cc1)N1CC[C@@H](O)[C@@](CO)(Cc2ccccc2)C1. The van der Waals surface area contributed by atoms with Crippen molar-refractivity contribution in [3.05, 3.63) is 71.3 Å². The first-order chi connectivity index (χ1) is 13.1. The highest BCUT2D eigenvalue weighted by atomic mass is 16.3. The van der Waals surface area contributed by atoms with Crippen LogP contribution in [0.25, 0.3) is 0 Å².